The Kier molecular flexibility index (Phi) is 3.80. The second-order valence-electron chi connectivity index (χ2n) is 4.67. The Morgan fingerprint density at radius 2 is 1.86 bits per heavy atom. The van der Waals surface area contributed by atoms with Crippen LogP contribution in [0, 0.1) is 26.6 Å². The van der Waals surface area contributed by atoms with Crippen molar-refractivity contribution in [3.63, 3.8) is 0 Å². The van der Waals surface area contributed by atoms with Gasteiger partial charge in [0.15, 0.2) is 0 Å². The number of benzene rings is 1. The second-order valence-corrected chi connectivity index (χ2v) is 4.67. The molecule has 0 bridgehead atoms. The molecule has 1 aromatic carbocycles. The Bertz CT molecular complexity index is 734. The lowest BCUT2D eigenvalue weighted by Gasteiger charge is -2.07. The zero-order valence-electron chi connectivity index (χ0n) is 11.8. The first-order valence-corrected chi connectivity index (χ1v) is 6.22. The second kappa shape index (κ2) is 5.40. The smallest absolute Gasteiger partial charge is 0.335 e. The van der Waals surface area contributed by atoms with Crippen molar-refractivity contribution < 1.29 is 23.5 Å². The van der Waals surface area contributed by atoms with Crippen LogP contribution in [0.5, 0.6) is 0 Å². The standard InChI is InChI=1S/C15H14FNO4/c1-7-8(2)21-9(3)13(7)14(18)17-12-6-10(15(19)20)4-5-11(12)16/h4-6H,1-3H3,(H,17,18)(H,19,20). The van der Waals surface area contributed by atoms with Gasteiger partial charge >= 0.3 is 5.97 Å². The molecule has 0 aliphatic heterocycles. The van der Waals surface area contributed by atoms with Crippen LogP contribution in [0.25, 0.3) is 0 Å². The average Bonchev–Trinajstić information content (AvgIpc) is 2.65. The van der Waals surface area contributed by atoms with E-state index in [4.69, 9.17) is 9.52 Å². The van der Waals surface area contributed by atoms with Gasteiger partial charge in [0.05, 0.1) is 16.8 Å². The van der Waals surface area contributed by atoms with E-state index in [1.165, 1.54) is 0 Å². The fourth-order valence-electron chi connectivity index (χ4n) is 2.07. The highest BCUT2D eigenvalue weighted by Crippen LogP contribution is 2.23. The minimum Gasteiger partial charge on any atom is -0.478 e. The molecule has 0 atom stereocenters. The fraction of sp³-hybridized carbons (Fsp3) is 0.200. The minimum atomic E-state index is -1.20. The van der Waals surface area contributed by atoms with Gasteiger partial charge in [-0.25, -0.2) is 9.18 Å². The molecular formula is C15H14FNO4. The molecule has 0 aliphatic rings. The Hall–Kier alpha value is -2.63. The number of hydrogen-bond acceptors (Lipinski definition) is 3. The quantitative estimate of drug-likeness (QED) is 0.909. The van der Waals surface area contributed by atoms with Crippen molar-refractivity contribution in [1.82, 2.24) is 0 Å². The van der Waals surface area contributed by atoms with Gasteiger partial charge in [-0.2, -0.15) is 0 Å². The molecule has 110 valence electrons. The maximum Gasteiger partial charge on any atom is 0.335 e. The van der Waals surface area contributed by atoms with Gasteiger partial charge in [0.2, 0.25) is 0 Å². The van der Waals surface area contributed by atoms with Crippen LogP contribution in [0.4, 0.5) is 10.1 Å². The van der Waals surface area contributed by atoms with E-state index in [0.717, 1.165) is 18.2 Å². The number of aromatic carboxylic acids is 1. The number of carboxylic acid groups (broad SMARTS) is 1. The maximum atomic E-state index is 13.7. The molecule has 0 unspecified atom stereocenters. The average molecular weight is 291 g/mol. The van der Waals surface area contributed by atoms with E-state index in [1.54, 1.807) is 20.8 Å². The fourth-order valence-corrected chi connectivity index (χ4v) is 2.07. The minimum absolute atomic E-state index is 0.108. The Morgan fingerprint density at radius 1 is 1.19 bits per heavy atom. The summed E-state index contributed by atoms with van der Waals surface area (Å²) in [5.41, 5.74) is 0.702. The van der Waals surface area contributed by atoms with Crippen LogP contribution in [-0.2, 0) is 0 Å². The van der Waals surface area contributed by atoms with Crippen molar-refractivity contribution in [2.45, 2.75) is 20.8 Å². The molecule has 0 spiro atoms. The van der Waals surface area contributed by atoms with Crippen LogP contribution in [0.15, 0.2) is 22.6 Å². The molecular weight excluding hydrogens is 277 g/mol. The topological polar surface area (TPSA) is 79.5 Å². The molecule has 5 nitrogen and oxygen atoms in total. The molecule has 2 rings (SSSR count). The molecule has 1 aromatic heterocycles. The number of amides is 1. The lowest BCUT2D eigenvalue weighted by Crippen LogP contribution is -2.15. The number of carboxylic acids is 1. The van der Waals surface area contributed by atoms with Crippen LogP contribution < -0.4 is 5.32 Å². The van der Waals surface area contributed by atoms with Crippen LogP contribution in [0.3, 0.4) is 0 Å². The monoisotopic (exact) mass is 291 g/mol. The van der Waals surface area contributed by atoms with Crippen molar-refractivity contribution >= 4 is 17.6 Å². The summed E-state index contributed by atoms with van der Waals surface area (Å²) >= 11 is 0. The molecule has 2 aromatic rings. The Balaban J connectivity index is 2.35. The number of carbonyl (C=O) groups excluding carboxylic acids is 1. The molecule has 0 saturated carbocycles. The van der Waals surface area contributed by atoms with Gasteiger partial charge in [0.1, 0.15) is 17.3 Å². The van der Waals surface area contributed by atoms with Crippen molar-refractivity contribution in [3.05, 3.63) is 52.2 Å². The van der Waals surface area contributed by atoms with Crippen LogP contribution in [0.1, 0.15) is 37.8 Å². The van der Waals surface area contributed by atoms with Gasteiger partial charge in [-0.1, -0.05) is 0 Å². The molecule has 0 radical (unpaired) electrons. The molecule has 2 N–H and O–H groups in total. The zero-order valence-corrected chi connectivity index (χ0v) is 11.8. The van der Waals surface area contributed by atoms with E-state index in [0.29, 0.717) is 22.6 Å². The third kappa shape index (κ3) is 2.79. The summed E-state index contributed by atoms with van der Waals surface area (Å²) in [5.74, 6) is -1.40. The highest BCUT2D eigenvalue weighted by molar-refractivity contribution is 6.06. The number of aryl methyl sites for hydroxylation is 2. The first kappa shape index (κ1) is 14.8. The normalized spacial score (nSPS) is 10.5. The lowest BCUT2D eigenvalue weighted by molar-refractivity contribution is 0.0696. The van der Waals surface area contributed by atoms with Gasteiger partial charge in [-0.05, 0) is 39.0 Å². The zero-order chi connectivity index (χ0) is 15.7. The van der Waals surface area contributed by atoms with Crippen molar-refractivity contribution in [2.24, 2.45) is 0 Å². The van der Waals surface area contributed by atoms with E-state index in [1.807, 2.05) is 0 Å². The summed E-state index contributed by atoms with van der Waals surface area (Å²) in [6.07, 6.45) is 0. The van der Waals surface area contributed by atoms with Gasteiger partial charge in [0, 0.05) is 5.56 Å². The molecule has 0 fully saturated rings. The molecule has 6 heteroatoms. The number of carbonyl (C=O) groups is 2. The van der Waals surface area contributed by atoms with E-state index >= 15 is 0 Å². The Morgan fingerprint density at radius 3 is 2.38 bits per heavy atom. The van der Waals surface area contributed by atoms with E-state index in [-0.39, 0.29) is 11.3 Å². The SMILES string of the molecule is Cc1oc(C)c(C(=O)Nc2cc(C(=O)O)ccc2F)c1C. The number of anilines is 1. The Labute approximate surface area is 120 Å². The largest absolute Gasteiger partial charge is 0.478 e. The third-order valence-electron chi connectivity index (χ3n) is 3.25. The lowest BCUT2D eigenvalue weighted by atomic mass is 10.1. The van der Waals surface area contributed by atoms with Crippen molar-refractivity contribution in [1.29, 1.82) is 0 Å². The molecule has 1 amide bonds. The predicted octanol–water partition coefficient (Wildman–Crippen LogP) is 3.29. The highest BCUT2D eigenvalue weighted by Gasteiger charge is 2.20. The number of furan rings is 1. The third-order valence-corrected chi connectivity index (χ3v) is 3.25. The summed E-state index contributed by atoms with van der Waals surface area (Å²) in [5, 5.41) is 11.3. The summed E-state index contributed by atoms with van der Waals surface area (Å²) < 4.78 is 19.0. The maximum absolute atomic E-state index is 13.7. The summed E-state index contributed by atoms with van der Waals surface area (Å²) in [6, 6.07) is 3.21. The van der Waals surface area contributed by atoms with Crippen LogP contribution in [0.2, 0.25) is 0 Å². The molecule has 21 heavy (non-hydrogen) atoms. The van der Waals surface area contributed by atoms with E-state index in [2.05, 4.69) is 5.32 Å². The molecule has 0 saturated heterocycles. The number of rotatable bonds is 3. The first-order valence-electron chi connectivity index (χ1n) is 6.22. The summed E-state index contributed by atoms with van der Waals surface area (Å²) in [6.45, 7) is 5.09. The molecule has 0 aliphatic carbocycles. The number of halogens is 1. The number of hydrogen-bond donors (Lipinski definition) is 2. The van der Waals surface area contributed by atoms with Gasteiger partial charge < -0.3 is 14.8 Å². The van der Waals surface area contributed by atoms with Crippen LogP contribution in [-0.4, -0.2) is 17.0 Å². The number of nitrogens with one attached hydrogen (secondary N) is 1. The van der Waals surface area contributed by atoms with Gasteiger partial charge in [-0.3, -0.25) is 4.79 Å². The van der Waals surface area contributed by atoms with Gasteiger partial charge in [0.25, 0.3) is 5.91 Å². The van der Waals surface area contributed by atoms with Crippen molar-refractivity contribution in [2.75, 3.05) is 5.32 Å². The van der Waals surface area contributed by atoms with E-state index < -0.39 is 17.7 Å². The molecule has 1 heterocycles. The highest BCUT2D eigenvalue weighted by atomic mass is 19.1. The predicted molar refractivity (Wildman–Crippen MR) is 74.2 cm³/mol. The van der Waals surface area contributed by atoms with Crippen LogP contribution >= 0.6 is 0 Å². The van der Waals surface area contributed by atoms with Crippen molar-refractivity contribution in [3.8, 4) is 0 Å². The first-order chi connectivity index (χ1) is 9.81. The summed E-state index contributed by atoms with van der Waals surface area (Å²) in [4.78, 5) is 23.1. The van der Waals surface area contributed by atoms with Gasteiger partial charge in [-0.15, -0.1) is 0 Å². The summed E-state index contributed by atoms with van der Waals surface area (Å²) in [7, 11) is 0. The van der Waals surface area contributed by atoms with E-state index in [9.17, 15) is 14.0 Å².